The van der Waals surface area contributed by atoms with Crippen LogP contribution in [0.1, 0.15) is 4.88 Å². The van der Waals surface area contributed by atoms with Gasteiger partial charge in [0.05, 0.1) is 0 Å². The third-order valence-electron chi connectivity index (χ3n) is 1.58. The van der Waals surface area contributed by atoms with E-state index in [1.807, 2.05) is 0 Å². The molecule has 1 aromatic rings. The first-order valence-electron chi connectivity index (χ1n) is 4.26. The first kappa shape index (κ1) is 13.7. The fraction of sp³-hybridized carbons (Fsp3) is 0.444. The van der Waals surface area contributed by atoms with Gasteiger partial charge in [-0.15, -0.1) is 11.3 Å². The Morgan fingerprint density at radius 1 is 1.50 bits per heavy atom. The summed E-state index contributed by atoms with van der Waals surface area (Å²) in [5, 5.41) is 1.79. The first-order valence-corrected chi connectivity index (χ1v) is 5.94. The number of ether oxygens (including phenoxy) is 1. The van der Waals surface area contributed by atoms with E-state index in [1.54, 1.807) is 11.4 Å². The van der Waals surface area contributed by atoms with Crippen LogP contribution in [0.15, 0.2) is 15.9 Å². The van der Waals surface area contributed by atoms with E-state index in [9.17, 15) is 18.0 Å². The quantitative estimate of drug-likeness (QED) is 0.834. The van der Waals surface area contributed by atoms with Crippen LogP contribution in [0.2, 0.25) is 0 Å². The summed E-state index contributed by atoms with van der Waals surface area (Å²) in [5.41, 5.74) is 0. The van der Waals surface area contributed by atoms with Crippen LogP contribution >= 0.6 is 27.3 Å². The Morgan fingerprint density at radius 3 is 2.69 bits per heavy atom. The van der Waals surface area contributed by atoms with Gasteiger partial charge in [0.1, 0.15) is 13.2 Å². The smallest absolute Gasteiger partial charge is 0.364 e. The Kier molecular flexibility index (Phi) is 4.94. The van der Waals surface area contributed by atoms with Gasteiger partial charge < -0.3 is 4.74 Å². The van der Waals surface area contributed by atoms with Gasteiger partial charge in [0, 0.05) is 15.8 Å². The highest BCUT2D eigenvalue weighted by Crippen LogP contribution is 2.23. The average molecular weight is 317 g/mol. The number of Topliss-reactive ketones (excluding diaryl/α,β-unsaturated/α-hetero) is 1. The lowest BCUT2D eigenvalue weighted by Crippen LogP contribution is -2.21. The fourth-order valence-electron chi connectivity index (χ4n) is 0.962. The van der Waals surface area contributed by atoms with Crippen molar-refractivity contribution in [2.75, 3.05) is 13.2 Å². The zero-order chi connectivity index (χ0) is 12.2. The van der Waals surface area contributed by atoms with Crippen molar-refractivity contribution in [3.63, 3.8) is 0 Å². The van der Waals surface area contributed by atoms with Gasteiger partial charge in [-0.1, -0.05) is 0 Å². The van der Waals surface area contributed by atoms with Crippen LogP contribution in [0.4, 0.5) is 13.2 Å². The van der Waals surface area contributed by atoms with E-state index in [0.29, 0.717) is 0 Å². The van der Waals surface area contributed by atoms with Crippen LogP contribution in [0, 0.1) is 0 Å². The first-order chi connectivity index (χ1) is 7.38. The van der Waals surface area contributed by atoms with Crippen LogP contribution in [0.3, 0.4) is 0 Å². The molecule has 0 aliphatic heterocycles. The summed E-state index contributed by atoms with van der Waals surface area (Å²) in [6, 6.07) is 1.78. The van der Waals surface area contributed by atoms with Crippen LogP contribution < -0.4 is 0 Å². The number of thiophene rings is 1. The van der Waals surface area contributed by atoms with Gasteiger partial charge >= 0.3 is 6.18 Å². The molecule has 1 heterocycles. The Morgan fingerprint density at radius 2 is 2.19 bits per heavy atom. The number of carbonyl (C=O) groups is 1. The van der Waals surface area contributed by atoms with Gasteiger partial charge in [-0.25, -0.2) is 0 Å². The normalized spacial score (nSPS) is 11.8. The molecule has 1 aromatic heterocycles. The maximum Gasteiger partial charge on any atom is 0.411 e. The van der Waals surface area contributed by atoms with E-state index in [1.165, 1.54) is 11.3 Å². The molecule has 0 unspecified atom stereocenters. The minimum Gasteiger partial charge on any atom is -0.364 e. The summed E-state index contributed by atoms with van der Waals surface area (Å²) in [4.78, 5) is 12.0. The molecule has 0 saturated heterocycles. The second kappa shape index (κ2) is 5.79. The molecule has 0 spiro atoms. The van der Waals surface area contributed by atoms with Crippen molar-refractivity contribution in [2.45, 2.75) is 12.6 Å². The van der Waals surface area contributed by atoms with Gasteiger partial charge in [0.25, 0.3) is 0 Å². The molecule has 0 aliphatic carbocycles. The highest BCUT2D eigenvalue weighted by molar-refractivity contribution is 9.10. The predicted molar refractivity (Wildman–Crippen MR) is 57.6 cm³/mol. The predicted octanol–water partition coefficient (Wildman–Crippen LogP) is 3.20. The third kappa shape index (κ3) is 5.09. The van der Waals surface area contributed by atoms with Crippen molar-refractivity contribution in [3.05, 3.63) is 20.8 Å². The van der Waals surface area contributed by atoms with Crippen molar-refractivity contribution < 1.29 is 22.7 Å². The second-order valence-corrected chi connectivity index (χ2v) is 4.87. The number of hydrogen-bond acceptors (Lipinski definition) is 3. The Balaban J connectivity index is 2.30. The monoisotopic (exact) mass is 316 g/mol. The molecule has 16 heavy (non-hydrogen) atoms. The largest absolute Gasteiger partial charge is 0.411 e. The summed E-state index contributed by atoms with van der Waals surface area (Å²) in [6.07, 6.45) is -4.29. The number of rotatable bonds is 5. The minimum atomic E-state index is -4.39. The topological polar surface area (TPSA) is 26.3 Å². The van der Waals surface area contributed by atoms with Gasteiger partial charge in [-0.3, -0.25) is 4.79 Å². The number of hydrogen-bond donors (Lipinski definition) is 0. The summed E-state index contributed by atoms with van der Waals surface area (Å²) >= 11 is 4.60. The van der Waals surface area contributed by atoms with Crippen LogP contribution in [-0.4, -0.2) is 25.2 Å². The number of carbonyl (C=O) groups excluding carboxylic acids is 1. The Bertz CT molecular complexity index is 362. The van der Waals surface area contributed by atoms with Crippen LogP contribution in [0.5, 0.6) is 0 Å². The van der Waals surface area contributed by atoms with Gasteiger partial charge in [-0.2, -0.15) is 13.2 Å². The molecule has 2 nitrogen and oxygen atoms in total. The lowest BCUT2D eigenvalue weighted by Gasteiger charge is -2.06. The molecule has 7 heteroatoms. The molecule has 0 amide bonds. The molecule has 0 saturated carbocycles. The summed E-state index contributed by atoms with van der Waals surface area (Å²) in [6.45, 7) is -1.89. The molecule has 0 radical (unpaired) electrons. The molecule has 0 fully saturated rings. The molecule has 1 rings (SSSR count). The second-order valence-electron chi connectivity index (χ2n) is 3.02. The zero-order valence-corrected chi connectivity index (χ0v) is 10.4. The van der Waals surface area contributed by atoms with E-state index in [4.69, 9.17) is 0 Å². The molecular weight excluding hydrogens is 309 g/mol. The summed E-state index contributed by atoms with van der Waals surface area (Å²) in [7, 11) is 0. The minimum absolute atomic E-state index is 0.0934. The maximum absolute atomic E-state index is 11.7. The molecule has 90 valence electrons. The van der Waals surface area contributed by atoms with Gasteiger partial charge in [0.15, 0.2) is 5.78 Å². The number of alkyl halides is 3. The number of ketones is 1. The lowest BCUT2D eigenvalue weighted by atomic mass is 10.2. The van der Waals surface area contributed by atoms with E-state index in [2.05, 4.69) is 20.7 Å². The van der Waals surface area contributed by atoms with Gasteiger partial charge in [-0.05, 0) is 27.4 Å². The summed E-state index contributed by atoms with van der Waals surface area (Å²) in [5.74, 6) is -0.368. The zero-order valence-electron chi connectivity index (χ0n) is 8.01. The Hall–Kier alpha value is -0.400. The molecule has 0 bridgehead atoms. The summed E-state index contributed by atoms with van der Waals surface area (Å²) < 4.78 is 40.2. The molecular formula is C9H8BrF3O2S. The molecule has 0 aromatic carbocycles. The standard InChI is InChI=1S/C9H8BrF3O2S/c10-7-1-2-16-8(7)3-6(14)4-15-5-9(11,12)13/h1-2H,3-5H2. The van der Waals surface area contributed by atoms with Crippen LogP contribution in [0.25, 0.3) is 0 Å². The molecule has 0 N–H and O–H groups in total. The average Bonchev–Trinajstić information content (AvgIpc) is 2.49. The van der Waals surface area contributed by atoms with Crippen molar-refractivity contribution in [1.29, 1.82) is 0 Å². The van der Waals surface area contributed by atoms with Crippen molar-refractivity contribution in [1.82, 2.24) is 0 Å². The van der Waals surface area contributed by atoms with E-state index in [-0.39, 0.29) is 12.2 Å². The fourth-order valence-corrected chi connectivity index (χ4v) is 2.48. The van der Waals surface area contributed by atoms with Crippen molar-refractivity contribution >= 4 is 33.0 Å². The third-order valence-corrected chi connectivity index (χ3v) is 3.50. The number of halogens is 4. The van der Waals surface area contributed by atoms with E-state index < -0.39 is 19.4 Å². The van der Waals surface area contributed by atoms with Crippen LogP contribution in [-0.2, 0) is 16.0 Å². The van der Waals surface area contributed by atoms with Crippen molar-refractivity contribution in [3.8, 4) is 0 Å². The Labute approximate surface area is 103 Å². The highest BCUT2D eigenvalue weighted by atomic mass is 79.9. The molecule has 0 aliphatic rings. The van der Waals surface area contributed by atoms with Crippen molar-refractivity contribution in [2.24, 2.45) is 0 Å². The molecule has 0 atom stereocenters. The van der Waals surface area contributed by atoms with E-state index >= 15 is 0 Å². The van der Waals surface area contributed by atoms with E-state index in [0.717, 1.165) is 9.35 Å². The maximum atomic E-state index is 11.7. The van der Waals surface area contributed by atoms with Gasteiger partial charge in [0.2, 0.25) is 0 Å². The lowest BCUT2D eigenvalue weighted by molar-refractivity contribution is -0.175. The highest BCUT2D eigenvalue weighted by Gasteiger charge is 2.27. The SMILES string of the molecule is O=C(COCC(F)(F)F)Cc1sccc1Br.